The van der Waals surface area contributed by atoms with Gasteiger partial charge in [0, 0.05) is 6.20 Å². The lowest BCUT2D eigenvalue weighted by Gasteiger charge is -2.31. The Morgan fingerprint density at radius 1 is 1.07 bits per heavy atom. The molecule has 160 valence electrons. The topological polar surface area (TPSA) is 97.8 Å². The Balaban J connectivity index is 2.47. The number of pyridine rings is 1. The van der Waals surface area contributed by atoms with Crippen molar-refractivity contribution in [1.82, 2.24) is 10.3 Å². The molecule has 1 aliphatic rings. The number of carbonyl (C=O) groups excluding carboxylic acids is 3. The van der Waals surface area contributed by atoms with Crippen molar-refractivity contribution < 1.29 is 23.9 Å². The van der Waals surface area contributed by atoms with Crippen LogP contribution < -0.4 is 10.2 Å². The number of piperidine rings is 1. The first-order valence-electron chi connectivity index (χ1n) is 9.88. The van der Waals surface area contributed by atoms with E-state index in [1.54, 1.807) is 47.6 Å². The summed E-state index contributed by atoms with van der Waals surface area (Å²) < 4.78 is 10.9. The monoisotopic (exact) mass is 405 g/mol. The molecule has 2 rings (SSSR count). The molecule has 1 saturated heterocycles. The van der Waals surface area contributed by atoms with Crippen LogP contribution in [0.15, 0.2) is 18.3 Å². The van der Waals surface area contributed by atoms with Crippen molar-refractivity contribution in [2.75, 3.05) is 11.4 Å². The second-order valence-electron chi connectivity index (χ2n) is 9.03. The molecule has 0 radical (unpaired) electrons. The zero-order chi connectivity index (χ0) is 21.8. The molecule has 0 aromatic carbocycles. The average molecular weight is 405 g/mol. The number of carbonyl (C=O) groups is 3. The minimum absolute atomic E-state index is 0.0254. The quantitative estimate of drug-likeness (QED) is 0.769. The Morgan fingerprint density at radius 2 is 1.72 bits per heavy atom. The number of nitrogens with zero attached hydrogens (tertiary/aromatic N) is 2. The summed E-state index contributed by atoms with van der Waals surface area (Å²) in [5.74, 6) is -1.26. The lowest BCUT2D eigenvalue weighted by atomic mass is 10.0. The van der Waals surface area contributed by atoms with Gasteiger partial charge < -0.3 is 14.8 Å². The van der Waals surface area contributed by atoms with Crippen molar-refractivity contribution in [1.29, 1.82) is 0 Å². The van der Waals surface area contributed by atoms with Crippen molar-refractivity contribution >= 4 is 23.8 Å². The number of hydrogen-bond donors (Lipinski definition) is 1. The van der Waals surface area contributed by atoms with Gasteiger partial charge >= 0.3 is 12.1 Å². The van der Waals surface area contributed by atoms with E-state index in [9.17, 15) is 14.4 Å². The molecule has 8 heteroatoms. The number of imide groups is 1. The summed E-state index contributed by atoms with van der Waals surface area (Å²) in [5, 5.41) is 3.13. The average Bonchev–Trinajstić information content (AvgIpc) is 2.60. The van der Waals surface area contributed by atoms with E-state index in [1.807, 2.05) is 0 Å². The standard InChI is InChI=1S/C21H31N3O5/c1-20(2,3)28-18(26)14-10-9-13-23-16(14)24(19(27)29-21(4,5)6)17(25)15-11-7-8-12-22-15/h9-10,13,15,22H,7-8,11-12H2,1-6H3. The maximum absolute atomic E-state index is 13.3. The molecule has 1 aromatic rings. The third kappa shape index (κ3) is 6.52. The molecule has 2 heterocycles. The summed E-state index contributed by atoms with van der Waals surface area (Å²) in [6.07, 6.45) is 2.96. The molecule has 0 aliphatic carbocycles. The fraction of sp³-hybridized carbons (Fsp3) is 0.619. The second-order valence-corrected chi connectivity index (χ2v) is 9.03. The van der Waals surface area contributed by atoms with Crippen LogP contribution in [0.4, 0.5) is 10.6 Å². The molecule has 0 saturated carbocycles. The van der Waals surface area contributed by atoms with Crippen LogP contribution >= 0.6 is 0 Å². The SMILES string of the molecule is CC(C)(C)OC(=O)c1cccnc1N(C(=O)OC(C)(C)C)C(=O)C1CCCCN1. The number of ether oxygens (including phenoxy) is 2. The molecule has 0 bridgehead atoms. The molecule has 1 unspecified atom stereocenters. The van der Waals surface area contributed by atoms with E-state index in [0.29, 0.717) is 13.0 Å². The maximum atomic E-state index is 13.3. The highest BCUT2D eigenvalue weighted by atomic mass is 16.6. The van der Waals surface area contributed by atoms with Crippen LogP contribution in [0.2, 0.25) is 0 Å². The zero-order valence-corrected chi connectivity index (χ0v) is 18.1. The molecule has 1 aliphatic heterocycles. The highest BCUT2D eigenvalue weighted by Crippen LogP contribution is 2.25. The fourth-order valence-electron chi connectivity index (χ4n) is 2.87. The van der Waals surface area contributed by atoms with E-state index in [2.05, 4.69) is 10.3 Å². The first-order chi connectivity index (χ1) is 13.4. The fourth-order valence-corrected chi connectivity index (χ4v) is 2.87. The Morgan fingerprint density at radius 3 is 2.28 bits per heavy atom. The smallest absolute Gasteiger partial charge is 0.423 e. The minimum Gasteiger partial charge on any atom is -0.456 e. The number of amides is 2. The van der Waals surface area contributed by atoms with Crippen molar-refractivity contribution in [2.45, 2.75) is 78.0 Å². The van der Waals surface area contributed by atoms with E-state index in [0.717, 1.165) is 17.7 Å². The highest BCUT2D eigenvalue weighted by Gasteiger charge is 2.37. The maximum Gasteiger partial charge on any atom is 0.423 e. The zero-order valence-electron chi connectivity index (χ0n) is 18.1. The number of esters is 1. The summed E-state index contributed by atoms with van der Waals surface area (Å²) in [5.41, 5.74) is -1.54. The van der Waals surface area contributed by atoms with Gasteiger partial charge in [0.15, 0.2) is 5.82 Å². The summed E-state index contributed by atoms with van der Waals surface area (Å²) in [4.78, 5) is 44.0. The number of aromatic nitrogens is 1. The van der Waals surface area contributed by atoms with E-state index in [-0.39, 0.29) is 11.4 Å². The summed E-state index contributed by atoms with van der Waals surface area (Å²) >= 11 is 0. The largest absolute Gasteiger partial charge is 0.456 e. The van der Waals surface area contributed by atoms with Gasteiger partial charge in [-0.05, 0) is 73.1 Å². The van der Waals surface area contributed by atoms with Crippen LogP contribution in [0, 0.1) is 0 Å². The number of rotatable bonds is 3. The van der Waals surface area contributed by atoms with Crippen molar-refractivity contribution in [3.8, 4) is 0 Å². The van der Waals surface area contributed by atoms with E-state index in [1.165, 1.54) is 12.3 Å². The Hall–Kier alpha value is -2.48. The summed E-state index contributed by atoms with van der Waals surface area (Å²) in [7, 11) is 0. The van der Waals surface area contributed by atoms with Gasteiger partial charge in [0.25, 0.3) is 5.91 Å². The molecular weight excluding hydrogens is 374 g/mol. The predicted molar refractivity (Wildman–Crippen MR) is 109 cm³/mol. The van der Waals surface area contributed by atoms with Crippen LogP contribution in [-0.4, -0.2) is 46.7 Å². The summed E-state index contributed by atoms with van der Waals surface area (Å²) in [6, 6.07) is 2.49. The number of nitrogens with one attached hydrogen (secondary N) is 1. The minimum atomic E-state index is -0.876. The summed E-state index contributed by atoms with van der Waals surface area (Å²) in [6.45, 7) is 11.0. The lowest BCUT2D eigenvalue weighted by Crippen LogP contribution is -2.52. The van der Waals surface area contributed by atoms with Crippen LogP contribution in [-0.2, 0) is 14.3 Å². The molecule has 29 heavy (non-hydrogen) atoms. The van der Waals surface area contributed by atoms with Gasteiger partial charge in [0.05, 0.1) is 6.04 Å². The first-order valence-corrected chi connectivity index (χ1v) is 9.88. The van der Waals surface area contributed by atoms with Gasteiger partial charge in [0.2, 0.25) is 0 Å². The van der Waals surface area contributed by atoms with Crippen molar-refractivity contribution in [3.05, 3.63) is 23.9 Å². The Bertz CT molecular complexity index is 758. The Kier molecular flexibility index (Phi) is 7.00. The molecule has 0 spiro atoms. The lowest BCUT2D eigenvalue weighted by molar-refractivity contribution is -0.120. The van der Waals surface area contributed by atoms with Crippen molar-refractivity contribution in [2.24, 2.45) is 0 Å². The molecule has 8 nitrogen and oxygen atoms in total. The van der Waals surface area contributed by atoms with Gasteiger partial charge in [-0.2, -0.15) is 4.90 Å². The first kappa shape index (κ1) is 22.8. The van der Waals surface area contributed by atoms with Gasteiger partial charge in [-0.3, -0.25) is 4.79 Å². The van der Waals surface area contributed by atoms with Gasteiger partial charge in [-0.1, -0.05) is 6.42 Å². The molecular formula is C21H31N3O5. The third-order valence-corrected chi connectivity index (χ3v) is 4.02. The molecule has 1 fully saturated rings. The van der Waals surface area contributed by atoms with Gasteiger partial charge in [-0.15, -0.1) is 0 Å². The van der Waals surface area contributed by atoms with Crippen LogP contribution in [0.25, 0.3) is 0 Å². The van der Waals surface area contributed by atoms with Gasteiger partial charge in [0.1, 0.15) is 16.8 Å². The molecule has 1 N–H and O–H groups in total. The second kappa shape index (κ2) is 8.90. The normalized spacial score (nSPS) is 17.4. The molecule has 1 aromatic heterocycles. The highest BCUT2D eigenvalue weighted by molar-refractivity contribution is 6.16. The predicted octanol–water partition coefficient (Wildman–Crippen LogP) is 3.45. The van der Waals surface area contributed by atoms with Crippen LogP contribution in [0.3, 0.4) is 0 Å². The third-order valence-electron chi connectivity index (χ3n) is 4.02. The van der Waals surface area contributed by atoms with E-state index < -0.39 is 35.2 Å². The van der Waals surface area contributed by atoms with Crippen LogP contribution in [0.5, 0.6) is 0 Å². The van der Waals surface area contributed by atoms with Crippen molar-refractivity contribution in [3.63, 3.8) is 0 Å². The number of hydrogen-bond acceptors (Lipinski definition) is 7. The Labute approximate surface area is 172 Å². The van der Waals surface area contributed by atoms with E-state index in [4.69, 9.17) is 9.47 Å². The van der Waals surface area contributed by atoms with E-state index >= 15 is 0 Å². The molecule has 2 amide bonds. The van der Waals surface area contributed by atoms with Gasteiger partial charge in [-0.25, -0.2) is 14.6 Å². The van der Waals surface area contributed by atoms with Crippen LogP contribution in [0.1, 0.15) is 71.2 Å². The number of anilines is 1. The molecule has 1 atom stereocenters.